The molecule has 0 aromatic rings. The van der Waals surface area contributed by atoms with Gasteiger partial charge >= 0.3 is 0 Å². The number of primary amides is 1. The topological polar surface area (TPSA) is 81.6 Å². The van der Waals surface area contributed by atoms with Gasteiger partial charge in [0.05, 0.1) is 12.1 Å². The van der Waals surface area contributed by atoms with Gasteiger partial charge in [-0.1, -0.05) is 0 Å². The van der Waals surface area contributed by atoms with Crippen LogP contribution in [0.4, 0.5) is 0 Å². The highest BCUT2D eigenvalue weighted by Crippen LogP contribution is 2.12. The van der Waals surface area contributed by atoms with Crippen LogP contribution in [0, 0.1) is 0 Å². The predicted octanol–water partition coefficient (Wildman–Crippen LogP) is -0.0640. The van der Waals surface area contributed by atoms with Gasteiger partial charge in [-0.2, -0.15) is 0 Å². The van der Waals surface area contributed by atoms with Gasteiger partial charge in [-0.05, 0) is 34.2 Å². The summed E-state index contributed by atoms with van der Waals surface area (Å²) in [5.74, 6) is -0.461. The van der Waals surface area contributed by atoms with Crippen molar-refractivity contribution in [3.63, 3.8) is 0 Å². The fourth-order valence-corrected chi connectivity index (χ4v) is 1.44. The fourth-order valence-electron chi connectivity index (χ4n) is 1.44. The summed E-state index contributed by atoms with van der Waals surface area (Å²) in [5.41, 5.74) is 10.1. The summed E-state index contributed by atoms with van der Waals surface area (Å²) in [6, 6.07) is 0.197. The lowest BCUT2D eigenvalue weighted by molar-refractivity contribution is -0.123. The summed E-state index contributed by atoms with van der Waals surface area (Å²) in [6.07, 6.45) is 0.547. The zero-order valence-electron chi connectivity index (χ0n) is 10.8. The van der Waals surface area contributed by atoms with Crippen molar-refractivity contribution in [2.24, 2.45) is 11.5 Å². The zero-order valence-corrected chi connectivity index (χ0v) is 10.8. The first-order chi connectivity index (χ1) is 7.31. The van der Waals surface area contributed by atoms with Crippen LogP contribution in [0.25, 0.3) is 0 Å². The molecule has 0 aliphatic rings. The van der Waals surface area contributed by atoms with Crippen molar-refractivity contribution in [2.75, 3.05) is 26.8 Å². The van der Waals surface area contributed by atoms with Crippen LogP contribution >= 0.6 is 0 Å². The van der Waals surface area contributed by atoms with E-state index in [1.54, 1.807) is 6.92 Å². The summed E-state index contributed by atoms with van der Waals surface area (Å²) >= 11 is 0. The Morgan fingerprint density at radius 1 is 1.56 bits per heavy atom. The Balaban J connectivity index is 4.04. The summed E-state index contributed by atoms with van der Waals surface area (Å²) in [5, 5.41) is 0. The molecule has 5 heteroatoms. The molecular weight excluding hydrogens is 206 g/mol. The normalized spacial score (nSPS) is 17.1. The van der Waals surface area contributed by atoms with E-state index in [4.69, 9.17) is 16.2 Å². The first kappa shape index (κ1) is 15.3. The number of likely N-dealkylation sites (N-methyl/N-ethyl adjacent to an activating group) is 1. The van der Waals surface area contributed by atoms with Crippen LogP contribution in [0.3, 0.4) is 0 Å². The number of hydrogen-bond acceptors (Lipinski definition) is 4. The molecule has 0 saturated carbocycles. The monoisotopic (exact) mass is 231 g/mol. The van der Waals surface area contributed by atoms with Gasteiger partial charge in [-0.3, -0.25) is 4.79 Å². The average molecular weight is 231 g/mol. The summed E-state index contributed by atoms with van der Waals surface area (Å²) in [4.78, 5) is 13.2. The van der Waals surface area contributed by atoms with E-state index in [0.717, 1.165) is 13.2 Å². The maximum atomic E-state index is 11.1. The first-order valence-electron chi connectivity index (χ1n) is 5.68. The molecule has 0 heterocycles. The van der Waals surface area contributed by atoms with E-state index in [0.29, 0.717) is 13.0 Å². The van der Waals surface area contributed by atoms with E-state index in [9.17, 15) is 4.79 Å². The molecule has 0 fully saturated rings. The molecule has 0 aliphatic heterocycles. The Kier molecular flexibility index (Phi) is 6.55. The van der Waals surface area contributed by atoms with Gasteiger partial charge in [0.25, 0.3) is 0 Å². The second kappa shape index (κ2) is 6.83. The van der Waals surface area contributed by atoms with Crippen LogP contribution in [0.2, 0.25) is 0 Å². The van der Waals surface area contributed by atoms with E-state index in [1.807, 2.05) is 20.9 Å². The van der Waals surface area contributed by atoms with Crippen molar-refractivity contribution < 1.29 is 9.53 Å². The highest BCUT2D eigenvalue weighted by atomic mass is 16.5. The summed E-state index contributed by atoms with van der Waals surface area (Å²) < 4.78 is 5.27. The molecule has 0 saturated heterocycles. The minimum Gasteiger partial charge on any atom is -0.380 e. The first-order valence-corrected chi connectivity index (χ1v) is 5.68. The van der Waals surface area contributed by atoms with E-state index in [2.05, 4.69) is 4.90 Å². The molecule has 0 rings (SSSR count). The second-order valence-corrected chi connectivity index (χ2v) is 4.51. The molecule has 0 aromatic heterocycles. The molecule has 96 valence electrons. The molecule has 2 unspecified atom stereocenters. The van der Waals surface area contributed by atoms with Gasteiger partial charge in [0.1, 0.15) is 0 Å². The highest BCUT2D eigenvalue weighted by molar-refractivity contribution is 5.83. The van der Waals surface area contributed by atoms with Crippen LogP contribution in [0.1, 0.15) is 27.2 Å². The van der Waals surface area contributed by atoms with Crippen LogP contribution in [-0.2, 0) is 9.53 Å². The van der Waals surface area contributed by atoms with Crippen molar-refractivity contribution >= 4 is 5.91 Å². The third kappa shape index (κ3) is 5.44. The molecule has 0 aliphatic carbocycles. The fraction of sp³-hybridized carbons (Fsp3) is 0.909. The number of nitrogens with two attached hydrogens (primary N) is 2. The number of amides is 1. The maximum Gasteiger partial charge on any atom is 0.237 e. The second-order valence-electron chi connectivity index (χ2n) is 4.51. The molecule has 0 aromatic carbocycles. The molecule has 2 atom stereocenters. The van der Waals surface area contributed by atoms with Crippen molar-refractivity contribution in [3.8, 4) is 0 Å². The molecule has 0 spiro atoms. The lowest BCUT2D eigenvalue weighted by Gasteiger charge is -2.30. The van der Waals surface area contributed by atoms with Crippen molar-refractivity contribution in [1.82, 2.24) is 4.90 Å². The molecule has 0 bridgehead atoms. The Bertz CT molecular complexity index is 219. The Morgan fingerprint density at radius 2 is 2.12 bits per heavy atom. The van der Waals surface area contributed by atoms with Crippen LogP contribution in [0.5, 0.6) is 0 Å². The third-order valence-corrected chi connectivity index (χ3v) is 2.83. The van der Waals surface area contributed by atoms with Crippen LogP contribution in [0.15, 0.2) is 0 Å². The molecule has 16 heavy (non-hydrogen) atoms. The van der Waals surface area contributed by atoms with Gasteiger partial charge in [-0.25, -0.2) is 0 Å². The molecule has 5 nitrogen and oxygen atoms in total. The van der Waals surface area contributed by atoms with Crippen molar-refractivity contribution in [1.29, 1.82) is 0 Å². The lowest BCUT2D eigenvalue weighted by atomic mass is 9.93. The Hall–Kier alpha value is -0.650. The molecule has 0 radical (unpaired) electrons. The van der Waals surface area contributed by atoms with E-state index < -0.39 is 11.4 Å². The number of ether oxygens (including phenoxy) is 1. The van der Waals surface area contributed by atoms with Gasteiger partial charge in [0.15, 0.2) is 0 Å². The number of nitrogens with zero attached hydrogens (tertiary/aromatic N) is 1. The minimum absolute atomic E-state index is 0.197. The van der Waals surface area contributed by atoms with E-state index >= 15 is 0 Å². The van der Waals surface area contributed by atoms with Crippen molar-refractivity contribution in [3.05, 3.63) is 0 Å². The standard InChI is InChI=1S/C11H25N3O2/c1-5-16-7-6-14(4)9(2)8-11(3,13)10(12)15/h9H,5-8,13H2,1-4H3,(H2,12,15). The quantitative estimate of drug-likeness (QED) is 0.573. The zero-order chi connectivity index (χ0) is 12.8. The molecule has 4 N–H and O–H groups in total. The lowest BCUT2D eigenvalue weighted by Crippen LogP contribution is -2.53. The minimum atomic E-state index is -0.945. The highest BCUT2D eigenvalue weighted by Gasteiger charge is 2.29. The van der Waals surface area contributed by atoms with Gasteiger partial charge in [-0.15, -0.1) is 0 Å². The van der Waals surface area contributed by atoms with Gasteiger partial charge in [0.2, 0.25) is 5.91 Å². The van der Waals surface area contributed by atoms with E-state index in [1.165, 1.54) is 0 Å². The van der Waals surface area contributed by atoms with Crippen molar-refractivity contribution in [2.45, 2.75) is 38.8 Å². The average Bonchev–Trinajstić information content (AvgIpc) is 2.17. The maximum absolute atomic E-state index is 11.1. The smallest absolute Gasteiger partial charge is 0.237 e. The third-order valence-electron chi connectivity index (χ3n) is 2.83. The SMILES string of the molecule is CCOCCN(C)C(C)CC(C)(N)C(N)=O. The van der Waals surface area contributed by atoms with Gasteiger partial charge < -0.3 is 21.1 Å². The van der Waals surface area contributed by atoms with E-state index in [-0.39, 0.29) is 6.04 Å². The summed E-state index contributed by atoms with van der Waals surface area (Å²) in [7, 11) is 1.99. The Morgan fingerprint density at radius 3 is 2.56 bits per heavy atom. The van der Waals surface area contributed by atoms with Crippen LogP contribution in [-0.4, -0.2) is 49.2 Å². The number of hydrogen-bond donors (Lipinski definition) is 2. The largest absolute Gasteiger partial charge is 0.380 e. The van der Waals surface area contributed by atoms with Gasteiger partial charge in [0, 0.05) is 19.2 Å². The summed E-state index contributed by atoms with van der Waals surface area (Å²) in [6.45, 7) is 7.90. The Labute approximate surface area is 98.1 Å². The molecule has 1 amide bonds. The van der Waals surface area contributed by atoms with Crippen LogP contribution < -0.4 is 11.5 Å². The molecular formula is C11H25N3O2. The number of carbonyl (C=O) groups excluding carboxylic acids is 1. The number of rotatable bonds is 8. The predicted molar refractivity (Wildman–Crippen MR) is 65.0 cm³/mol. The number of carbonyl (C=O) groups is 1.